The lowest BCUT2D eigenvalue weighted by Gasteiger charge is -2.17. The van der Waals surface area contributed by atoms with Gasteiger partial charge in [-0.25, -0.2) is 0 Å². The number of aliphatic hydroxyl groups excluding tert-OH is 1. The minimum absolute atomic E-state index is 0.0368. The summed E-state index contributed by atoms with van der Waals surface area (Å²) in [7, 11) is 0. The van der Waals surface area contributed by atoms with Crippen LogP contribution in [0.4, 0.5) is 0 Å². The third kappa shape index (κ3) is 4.64. The van der Waals surface area contributed by atoms with Gasteiger partial charge in [0.1, 0.15) is 18.5 Å². The van der Waals surface area contributed by atoms with Crippen molar-refractivity contribution in [2.75, 3.05) is 19.8 Å². The number of para-hydroxylation sites is 1. The molecule has 0 spiro atoms. The van der Waals surface area contributed by atoms with Crippen LogP contribution in [0.2, 0.25) is 0 Å². The molecule has 0 radical (unpaired) electrons. The molecule has 0 fully saturated rings. The average molecular weight is 253 g/mol. The molecule has 0 saturated heterocycles. The SMILES string of the molecule is CCOCC(O)COc1ccccc1C(N)CC. The summed E-state index contributed by atoms with van der Waals surface area (Å²) in [5.74, 6) is 0.738. The van der Waals surface area contributed by atoms with E-state index in [9.17, 15) is 5.11 Å². The van der Waals surface area contributed by atoms with Crippen LogP contribution in [0.1, 0.15) is 31.9 Å². The van der Waals surface area contributed by atoms with Crippen molar-refractivity contribution in [1.82, 2.24) is 0 Å². The van der Waals surface area contributed by atoms with Crippen LogP contribution >= 0.6 is 0 Å². The number of ether oxygens (including phenoxy) is 2. The normalized spacial score (nSPS) is 14.2. The van der Waals surface area contributed by atoms with E-state index in [1.54, 1.807) is 0 Å². The molecular formula is C14H23NO3. The molecule has 0 aliphatic heterocycles. The van der Waals surface area contributed by atoms with E-state index in [-0.39, 0.29) is 12.6 Å². The Morgan fingerprint density at radius 2 is 1.94 bits per heavy atom. The molecule has 0 heterocycles. The van der Waals surface area contributed by atoms with Crippen molar-refractivity contribution in [3.63, 3.8) is 0 Å². The van der Waals surface area contributed by atoms with Crippen LogP contribution in [0.25, 0.3) is 0 Å². The van der Waals surface area contributed by atoms with Crippen molar-refractivity contribution in [3.8, 4) is 5.75 Å². The van der Waals surface area contributed by atoms with Crippen molar-refractivity contribution in [3.05, 3.63) is 29.8 Å². The van der Waals surface area contributed by atoms with E-state index < -0.39 is 6.10 Å². The minimum atomic E-state index is -0.615. The number of hydrogen-bond acceptors (Lipinski definition) is 4. The Bertz CT molecular complexity index is 344. The van der Waals surface area contributed by atoms with Gasteiger partial charge in [0.15, 0.2) is 0 Å². The highest BCUT2D eigenvalue weighted by molar-refractivity contribution is 5.35. The van der Waals surface area contributed by atoms with Gasteiger partial charge in [-0.3, -0.25) is 0 Å². The number of nitrogens with two attached hydrogens (primary N) is 1. The van der Waals surface area contributed by atoms with Gasteiger partial charge in [-0.2, -0.15) is 0 Å². The maximum Gasteiger partial charge on any atom is 0.124 e. The molecule has 18 heavy (non-hydrogen) atoms. The predicted molar refractivity (Wildman–Crippen MR) is 71.7 cm³/mol. The minimum Gasteiger partial charge on any atom is -0.490 e. The summed E-state index contributed by atoms with van der Waals surface area (Å²) in [6, 6.07) is 7.63. The van der Waals surface area contributed by atoms with Crippen molar-refractivity contribution >= 4 is 0 Å². The molecular weight excluding hydrogens is 230 g/mol. The largest absolute Gasteiger partial charge is 0.490 e. The number of rotatable bonds is 8. The van der Waals surface area contributed by atoms with Crippen LogP contribution in [0.15, 0.2) is 24.3 Å². The number of hydrogen-bond donors (Lipinski definition) is 2. The Hall–Kier alpha value is -1.10. The zero-order valence-corrected chi connectivity index (χ0v) is 11.1. The van der Waals surface area contributed by atoms with Crippen LogP contribution in [-0.4, -0.2) is 31.0 Å². The first-order chi connectivity index (χ1) is 8.69. The van der Waals surface area contributed by atoms with Gasteiger partial charge in [-0.15, -0.1) is 0 Å². The first-order valence-electron chi connectivity index (χ1n) is 6.42. The lowest BCUT2D eigenvalue weighted by atomic mass is 10.0. The third-order valence-corrected chi connectivity index (χ3v) is 2.70. The van der Waals surface area contributed by atoms with Gasteiger partial charge in [-0.1, -0.05) is 25.1 Å². The van der Waals surface area contributed by atoms with E-state index in [2.05, 4.69) is 0 Å². The molecule has 0 amide bonds. The molecule has 0 saturated carbocycles. The van der Waals surface area contributed by atoms with Crippen molar-refractivity contribution in [1.29, 1.82) is 0 Å². The van der Waals surface area contributed by atoms with Crippen LogP contribution in [-0.2, 0) is 4.74 Å². The highest BCUT2D eigenvalue weighted by atomic mass is 16.5. The fourth-order valence-corrected chi connectivity index (χ4v) is 1.63. The fraction of sp³-hybridized carbons (Fsp3) is 0.571. The summed E-state index contributed by atoms with van der Waals surface area (Å²) < 4.78 is 10.7. The van der Waals surface area contributed by atoms with E-state index >= 15 is 0 Å². The van der Waals surface area contributed by atoms with Crippen molar-refractivity contribution < 1.29 is 14.6 Å². The van der Waals surface area contributed by atoms with E-state index in [0.717, 1.165) is 17.7 Å². The average Bonchev–Trinajstić information content (AvgIpc) is 2.42. The number of aliphatic hydroxyl groups is 1. The maximum absolute atomic E-state index is 9.65. The summed E-state index contributed by atoms with van der Waals surface area (Å²) in [4.78, 5) is 0. The Morgan fingerprint density at radius 3 is 2.61 bits per heavy atom. The first-order valence-corrected chi connectivity index (χ1v) is 6.42. The lowest BCUT2D eigenvalue weighted by molar-refractivity contribution is 0.0162. The van der Waals surface area contributed by atoms with E-state index in [0.29, 0.717) is 13.2 Å². The molecule has 0 aliphatic carbocycles. The highest BCUT2D eigenvalue weighted by Gasteiger charge is 2.11. The van der Waals surface area contributed by atoms with Crippen molar-refractivity contribution in [2.45, 2.75) is 32.4 Å². The summed E-state index contributed by atoms with van der Waals surface area (Å²) in [5, 5.41) is 9.65. The van der Waals surface area contributed by atoms with E-state index in [4.69, 9.17) is 15.2 Å². The molecule has 4 nitrogen and oxygen atoms in total. The molecule has 3 N–H and O–H groups in total. The lowest BCUT2D eigenvalue weighted by Crippen LogP contribution is -2.24. The van der Waals surface area contributed by atoms with Gasteiger partial charge >= 0.3 is 0 Å². The topological polar surface area (TPSA) is 64.7 Å². The Labute approximate surface area is 109 Å². The smallest absolute Gasteiger partial charge is 0.124 e. The fourth-order valence-electron chi connectivity index (χ4n) is 1.63. The monoisotopic (exact) mass is 253 g/mol. The van der Waals surface area contributed by atoms with E-state index in [1.165, 1.54) is 0 Å². The molecule has 0 aliphatic rings. The second-order valence-electron chi connectivity index (χ2n) is 4.18. The summed E-state index contributed by atoms with van der Waals surface area (Å²) in [6.07, 6.45) is 0.234. The van der Waals surface area contributed by atoms with Gasteiger partial charge in [0.05, 0.1) is 6.61 Å². The number of benzene rings is 1. The second kappa shape index (κ2) is 8.08. The van der Waals surface area contributed by atoms with Crippen LogP contribution in [0.3, 0.4) is 0 Å². The van der Waals surface area contributed by atoms with Gasteiger partial charge in [0, 0.05) is 18.2 Å². The van der Waals surface area contributed by atoms with Crippen LogP contribution < -0.4 is 10.5 Å². The van der Waals surface area contributed by atoms with E-state index in [1.807, 2.05) is 38.1 Å². The Morgan fingerprint density at radius 1 is 1.22 bits per heavy atom. The molecule has 4 heteroatoms. The Balaban J connectivity index is 2.56. The first kappa shape index (κ1) is 15.0. The summed E-state index contributed by atoms with van der Waals surface area (Å²) in [6.45, 7) is 5.02. The standard InChI is InChI=1S/C14H23NO3/c1-3-13(15)12-7-5-6-8-14(12)18-10-11(16)9-17-4-2/h5-8,11,13,16H,3-4,9-10,15H2,1-2H3. The summed E-state index contributed by atoms with van der Waals surface area (Å²) in [5.41, 5.74) is 6.99. The van der Waals surface area contributed by atoms with Gasteiger partial charge in [-0.05, 0) is 19.4 Å². The molecule has 0 bridgehead atoms. The molecule has 0 aromatic heterocycles. The molecule has 102 valence electrons. The van der Waals surface area contributed by atoms with Gasteiger partial charge < -0.3 is 20.3 Å². The quantitative estimate of drug-likeness (QED) is 0.742. The van der Waals surface area contributed by atoms with Crippen LogP contribution in [0.5, 0.6) is 5.75 Å². The third-order valence-electron chi connectivity index (χ3n) is 2.70. The second-order valence-corrected chi connectivity index (χ2v) is 4.18. The zero-order chi connectivity index (χ0) is 13.4. The molecule has 1 aromatic carbocycles. The Kier molecular flexibility index (Phi) is 6.72. The van der Waals surface area contributed by atoms with Gasteiger partial charge in [0.2, 0.25) is 0 Å². The maximum atomic E-state index is 9.65. The molecule has 2 atom stereocenters. The summed E-state index contributed by atoms with van der Waals surface area (Å²) >= 11 is 0. The predicted octanol–water partition coefficient (Wildman–Crippen LogP) is 1.87. The molecule has 2 unspecified atom stereocenters. The molecule has 1 aromatic rings. The van der Waals surface area contributed by atoms with Crippen molar-refractivity contribution in [2.24, 2.45) is 5.73 Å². The molecule has 1 rings (SSSR count). The van der Waals surface area contributed by atoms with Crippen LogP contribution in [0, 0.1) is 0 Å². The zero-order valence-electron chi connectivity index (χ0n) is 11.1. The highest BCUT2D eigenvalue weighted by Crippen LogP contribution is 2.25. The van der Waals surface area contributed by atoms with Gasteiger partial charge in [0.25, 0.3) is 0 Å².